The lowest BCUT2D eigenvalue weighted by molar-refractivity contribution is 0.0945. The van der Waals surface area contributed by atoms with Gasteiger partial charge in [0, 0.05) is 18.3 Å². The zero-order chi connectivity index (χ0) is 11.4. The van der Waals surface area contributed by atoms with Crippen molar-refractivity contribution >= 4 is 5.91 Å². The molecule has 0 aromatic carbocycles. The van der Waals surface area contributed by atoms with Gasteiger partial charge in [-0.05, 0) is 38.4 Å². The van der Waals surface area contributed by atoms with Crippen molar-refractivity contribution in [2.24, 2.45) is 0 Å². The quantitative estimate of drug-likeness (QED) is 0.793. The van der Waals surface area contributed by atoms with Gasteiger partial charge in [0.25, 0.3) is 5.91 Å². The van der Waals surface area contributed by atoms with Gasteiger partial charge in [0.15, 0.2) is 0 Å². The van der Waals surface area contributed by atoms with Gasteiger partial charge in [0.1, 0.15) is 5.69 Å². The van der Waals surface area contributed by atoms with Crippen molar-refractivity contribution in [1.82, 2.24) is 15.6 Å². The smallest absolute Gasteiger partial charge is 0.269 e. The van der Waals surface area contributed by atoms with Gasteiger partial charge in [-0.2, -0.15) is 0 Å². The fourth-order valence-electron chi connectivity index (χ4n) is 1.91. The summed E-state index contributed by atoms with van der Waals surface area (Å²) in [5.74, 6) is -0.0857. The molecule has 4 nitrogen and oxygen atoms in total. The molecule has 2 N–H and O–H groups in total. The van der Waals surface area contributed by atoms with Gasteiger partial charge >= 0.3 is 0 Å². The number of hydrogen-bond donors (Lipinski definition) is 2. The third-order valence-corrected chi connectivity index (χ3v) is 2.79. The van der Waals surface area contributed by atoms with Crippen LogP contribution >= 0.6 is 0 Å². The van der Waals surface area contributed by atoms with Crippen LogP contribution in [0.1, 0.15) is 29.0 Å². The van der Waals surface area contributed by atoms with E-state index in [0.717, 1.165) is 18.7 Å². The zero-order valence-electron chi connectivity index (χ0n) is 9.49. The van der Waals surface area contributed by atoms with Crippen LogP contribution in [-0.4, -0.2) is 30.0 Å². The first kappa shape index (κ1) is 11.1. The Labute approximate surface area is 95.5 Å². The highest BCUT2D eigenvalue weighted by Crippen LogP contribution is 2.04. The molecule has 0 spiro atoms. The Morgan fingerprint density at radius 1 is 1.62 bits per heavy atom. The molecule has 0 saturated carbocycles. The molecule has 0 radical (unpaired) electrons. The number of carbonyl (C=O) groups is 1. The van der Waals surface area contributed by atoms with Crippen LogP contribution in [0.4, 0.5) is 0 Å². The Morgan fingerprint density at radius 2 is 2.50 bits per heavy atom. The third-order valence-electron chi connectivity index (χ3n) is 2.79. The molecule has 1 atom stereocenters. The molecular weight excluding hydrogens is 202 g/mol. The van der Waals surface area contributed by atoms with Crippen molar-refractivity contribution in [2.45, 2.75) is 25.8 Å². The molecule has 1 fully saturated rings. The van der Waals surface area contributed by atoms with Crippen molar-refractivity contribution in [3.63, 3.8) is 0 Å². The molecule has 2 rings (SSSR count). The van der Waals surface area contributed by atoms with E-state index in [0.29, 0.717) is 18.3 Å². The van der Waals surface area contributed by atoms with E-state index in [1.54, 1.807) is 6.07 Å². The minimum absolute atomic E-state index is 0.0857. The van der Waals surface area contributed by atoms with Crippen molar-refractivity contribution in [3.8, 4) is 0 Å². The normalized spacial score (nSPS) is 19.7. The van der Waals surface area contributed by atoms with E-state index < -0.39 is 0 Å². The number of pyridine rings is 1. The lowest BCUT2D eigenvalue weighted by atomic mass is 10.2. The minimum atomic E-state index is -0.0857. The van der Waals surface area contributed by atoms with Crippen LogP contribution in [0.5, 0.6) is 0 Å². The first-order valence-electron chi connectivity index (χ1n) is 5.71. The van der Waals surface area contributed by atoms with Gasteiger partial charge < -0.3 is 10.6 Å². The lowest BCUT2D eigenvalue weighted by Gasteiger charge is -2.11. The molecular formula is C12H17N3O. The highest BCUT2D eigenvalue weighted by atomic mass is 16.1. The van der Waals surface area contributed by atoms with Crippen LogP contribution in [0.3, 0.4) is 0 Å². The summed E-state index contributed by atoms with van der Waals surface area (Å²) < 4.78 is 0. The van der Waals surface area contributed by atoms with E-state index in [1.807, 2.05) is 19.1 Å². The van der Waals surface area contributed by atoms with Gasteiger partial charge in [-0.25, -0.2) is 4.98 Å². The maximum atomic E-state index is 11.8. The van der Waals surface area contributed by atoms with Crippen molar-refractivity contribution in [1.29, 1.82) is 0 Å². The monoisotopic (exact) mass is 219 g/mol. The fourth-order valence-corrected chi connectivity index (χ4v) is 1.91. The Bertz CT molecular complexity index is 372. The molecule has 86 valence electrons. The molecule has 1 saturated heterocycles. The van der Waals surface area contributed by atoms with Crippen molar-refractivity contribution in [3.05, 3.63) is 29.6 Å². The lowest BCUT2D eigenvalue weighted by Crippen LogP contribution is -2.37. The summed E-state index contributed by atoms with van der Waals surface area (Å²) in [4.78, 5) is 15.9. The Hall–Kier alpha value is -1.42. The number of amides is 1. The predicted octanol–water partition coefficient (Wildman–Crippen LogP) is 0.872. The molecule has 1 aromatic rings. The largest absolute Gasteiger partial charge is 0.349 e. The molecule has 1 aliphatic rings. The Kier molecular flexibility index (Phi) is 3.51. The third kappa shape index (κ3) is 2.79. The number of nitrogens with zero attached hydrogens (tertiary/aromatic N) is 1. The zero-order valence-corrected chi connectivity index (χ0v) is 9.49. The molecule has 2 heterocycles. The van der Waals surface area contributed by atoms with Crippen molar-refractivity contribution in [2.75, 3.05) is 13.1 Å². The molecule has 1 aromatic heterocycles. The fraction of sp³-hybridized carbons (Fsp3) is 0.500. The summed E-state index contributed by atoms with van der Waals surface area (Å²) in [6, 6.07) is 5.90. The summed E-state index contributed by atoms with van der Waals surface area (Å²) in [6.07, 6.45) is 2.34. The minimum Gasteiger partial charge on any atom is -0.349 e. The van der Waals surface area contributed by atoms with Gasteiger partial charge in [-0.1, -0.05) is 6.07 Å². The van der Waals surface area contributed by atoms with Crippen LogP contribution in [0.15, 0.2) is 18.2 Å². The average Bonchev–Trinajstić information content (AvgIpc) is 2.78. The molecule has 0 aliphatic carbocycles. The molecule has 0 bridgehead atoms. The number of hydrogen-bond acceptors (Lipinski definition) is 3. The number of nitrogens with one attached hydrogen (secondary N) is 2. The number of aromatic nitrogens is 1. The second-order valence-electron chi connectivity index (χ2n) is 4.17. The maximum Gasteiger partial charge on any atom is 0.269 e. The first-order valence-corrected chi connectivity index (χ1v) is 5.71. The highest BCUT2D eigenvalue weighted by molar-refractivity contribution is 5.92. The SMILES string of the molecule is Cc1cccc(C(=O)NCC2CCCN2)n1. The second-order valence-corrected chi connectivity index (χ2v) is 4.17. The summed E-state index contributed by atoms with van der Waals surface area (Å²) in [5, 5.41) is 6.24. The highest BCUT2D eigenvalue weighted by Gasteiger charge is 2.15. The van der Waals surface area contributed by atoms with E-state index in [2.05, 4.69) is 15.6 Å². The van der Waals surface area contributed by atoms with E-state index in [1.165, 1.54) is 6.42 Å². The molecule has 4 heteroatoms. The number of carbonyl (C=O) groups excluding carboxylic acids is 1. The molecule has 1 amide bonds. The summed E-state index contributed by atoms with van der Waals surface area (Å²) >= 11 is 0. The van der Waals surface area contributed by atoms with E-state index in [-0.39, 0.29) is 5.91 Å². The summed E-state index contributed by atoms with van der Waals surface area (Å²) in [7, 11) is 0. The average molecular weight is 219 g/mol. The van der Waals surface area contributed by atoms with Crippen LogP contribution < -0.4 is 10.6 Å². The van der Waals surface area contributed by atoms with Crippen LogP contribution in [-0.2, 0) is 0 Å². The topological polar surface area (TPSA) is 54.0 Å². The number of aryl methyl sites for hydroxylation is 1. The van der Waals surface area contributed by atoms with Gasteiger partial charge in [0.2, 0.25) is 0 Å². The molecule has 1 aliphatic heterocycles. The summed E-state index contributed by atoms with van der Waals surface area (Å²) in [6.45, 7) is 3.63. The second kappa shape index (κ2) is 5.07. The van der Waals surface area contributed by atoms with Crippen LogP contribution in [0.25, 0.3) is 0 Å². The Morgan fingerprint density at radius 3 is 3.19 bits per heavy atom. The van der Waals surface area contributed by atoms with Crippen LogP contribution in [0, 0.1) is 6.92 Å². The predicted molar refractivity (Wildman–Crippen MR) is 62.3 cm³/mol. The molecule has 16 heavy (non-hydrogen) atoms. The van der Waals surface area contributed by atoms with E-state index in [9.17, 15) is 4.79 Å². The van der Waals surface area contributed by atoms with Gasteiger partial charge in [-0.15, -0.1) is 0 Å². The van der Waals surface area contributed by atoms with Gasteiger partial charge in [-0.3, -0.25) is 4.79 Å². The number of rotatable bonds is 3. The summed E-state index contributed by atoms with van der Waals surface area (Å²) in [5.41, 5.74) is 1.37. The maximum absolute atomic E-state index is 11.8. The van der Waals surface area contributed by atoms with E-state index in [4.69, 9.17) is 0 Å². The Balaban J connectivity index is 1.87. The van der Waals surface area contributed by atoms with Gasteiger partial charge in [0.05, 0.1) is 0 Å². The van der Waals surface area contributed by atoms with E-state index >= 15 is 0 Å². The first-order chi connectivity index (χ1) is 7.75. The molecule has 1 unspecified atom stereocenters. The van der Waals surface area contributed by atoms with Crippen LogP contribution in [0.2, 0.25) is 0 Å². The standard InChI is InChI=1S/C12H17N3O/c1-9-4-2-6-11(15-9)12(16)14-8-10-5-3-7-13-10/h2,4,6,10,13H,3,5,7-8H2,1H3,(H,14,16). The van der Waals surface area contributed by atoms with Crippen molar-refractivity contribution < 1.29 is 4.79 Å².